The Hall–Kier alpha value is -1.99. The number of rotatable bonds is 5. The van der Waals surface area contributed by atoms with Gasteiger partial charge in [-0.25, -0.2) is 4.39 Å². The van der Waals surface area contributed by atoms with E-state index < -0.39 is 17.6 Å². The molecule has 22 heavy (non-hydrogen) atoms. The first kappa shape index (κ1) is 16.4. The molecule has 1 aliphatic rings. The maximum Gasteiger partial charge on any atom is 0.313 e. The van der Waals surface area contributed by atoms with Crippen molar-refractivity contribution in [3.63, 3.8) is 0 Å². The number of ether oxygens (including phenoxy) is 1. The second kappa shape index (κ2) is 8.45. The summed E-state index contributed by atoms with van der Waals surface area (Å²) in [5.74, 6) is -2.20. The molecule has 1 aliphatic heterocycles. The van der Waals surface area contributed by atoms with E-state index in [2.05, 4.69) is 15.5 Å². The summed E-state index contributed by atoms with van der Waals surface area (Å²) in [5.41, 5.74) is -0.00373. The van der Waals surface area contributed by atoms with Crippen LogP contribution in [0.4, 0.5) is 10.1 Å². The summed E-state index contributed by atoms with van der Waals surface area (Å²) in [4.78, 5) is 25.5. The van der Waals surface area contributed by atoms with Crippen molar-refractivity contribution in [3.05, 3.63) is 30.1 Å². The van der Waals surface area contributed by atoms with Crippen molar-refractivity contribution >= 4 is 17.5 Å². The number of halogens is 1. The van der Waals surface area contributed by atoms with Crippen LogP contribution < -0.4 is 10.6 Å². The van der Waals surface area contributed by atoms with Crippen molar-refractivity contribution in [2.75, 3.05) is 44.7 Å². The second-order valence-electron chi connectivity index (χ2n) is 5.00. The lowest BCUT2D eigenvalue weighted by molar-refractivity contribution is -0.136. The van der Waals surface area contributed by atoms with Crippen LogP contribution in [0, 0.1) is 5.82 Å². The van der Waals surface area contributed by atoms with Gasteiger partial charge in [-0.3, -0.25) is 14.5 Å². The second-order valence-corrected chi connectivity index (χ2v) is 5.00. The van der Waals surface area contributed by atoms with E-state index in [9.17, 15) is 14.0 Å². The monoisotopic (exact) mass is 309 g/mol. The molecule has 7 heteroatoms. The minimum Gasteiger partial charge on any atom is -0.379 e. The normalized spacial score (nSPS) is 15.3. The molecular weight excluding hydrogens is 289 g/mol. The molecule has 1 aromatic carbocycles. The van der Waals surface area contributed by atoms with E-state index in [1.807, 2.05) is 0 Å². The van der Waals surface area contributed by atoms with Crippen LogP contribution >= 0.6 is 0 Å². The fraction of sp³-hybridized carbons (Fsp3) is 0.467. The molecule has 1 saturated heterocycles. The largest absolute Gasteiger partial charge is 0.379 e. The lowest BCUT2D eigenvalue weighted by atomic mass is 10.3. The fourth-order valence-corrected chi connectivity index (χ4v) is 2.15. The molecule has 1 fully saturated rings. The number of anilines is 1. The minimum absolute atomic E-state index is 0.00373. The molecule has 0 saturated carbocycles. The van der Waals surface area contributed by atoms with Crippen LogP contribution in [0.1, 0.15) is 6.42 Å². The van der Waals surface area contributed by atoms with Crippen molar-refractivity contribution in [3.8, 4) is 0 Å². The highest BCUT2D eigenvalue weighted by molar-refractivity contribution is 6.39. The first-order chi connectivity index (χ1) is 10.7. The van der Waals surface area contributed by atoms with E-state index >= 15 is 0 Å². The third-order valence-corrected chi connectivity index (χ3v) is 3.37. The number of hydrogen-bond acceptors (Lipinski definition) is 4. The molecule has 2 N–H and O–H groups in total. The molecule has 0 aromatic heterocycles. The lowest BCUT2D eigenvalue weighted by Crippen LogP contribution is -2.39. The Morgan fingerprint density at radius 3 is 2.64 bits per heavy atom. The van der Waals surface area contributed by atoms with E-state index in [1.165, 1.54) is 18.2 Å². The summed E-state index contributed by atoms with van der Waals surface area (Å²) >= 11 is 0. The topological polar surface area (TPSA) is 70.7 Å². The first-order valence-corrected chi connectivity index (χ1v) is 7.30. The zero-order valence-corrected chi connectivity index (χ0v) is 12.3. The summed E-state index contributed by atoms with van der Waals surface area (Å²) in [6.07, 6.45) is 0.749. The van der Waals surface area contributed by atoms with Crippen molar-refractivity contribution < 1.29 is 18.7 Å². The van der Waals surface area contributed by atoms with Gasteiger partial charge in [0.25, 0.3) is 0 Å². The maximum atomic E-state index is 13.4. The number of carbonyl (C=O) groups excluding carboxylic acids is 2. The van der Waals surface area contributed by atoms with Gasteiger partial charge in [0.05, 0.1) is 18.9 Å². The third-order valence-electron chi connectivity index (χ3n) is 3.37. The molecule has 120 valence electrons. The molecule has 0 unspecified atom stereocenters. The van der Waals surface area contributed by atoms with Crippen LogP contribution in [-0.4, -0.2) is 56.1 Å². The van der Waals surface area contributed by atoms with Gasteiger partial charge in [-0.15, -0.1) is 0 Å². The van der Waals surface area contributed by atoms with Gasteiger partial charge in [0.2, 0.25) is 0 Å². The summed E-state index contributed by atoms with van der Waals surface area (Å²) in [7, 11) is 0. The first-order valence-electron chi connectivity index (χ1n) is 7.30. The summed E-state index contributed by atoms with van der Waals surface area (Å²) in [6.45, 7) is 4.50. The smallest absolute Gasteiger partial charge is 0.313 e. The molecule has 0 bridgehead atoms. The summed E-state index contributed by atoms with van der Waals surface area (Å²) < 4.78 is 18.6. The number of carbonyl (C=O) groups is 2. The van der Waals surface area contributed by atoms with Gasteiger partial charge in [-0.05, 0) is 25.1 Å². The Morgan fingerprint density at radius 1 is 1.18 bits per heavy atom. The molecule has 0 atom stereocenters. The quantitative estimate of drug-likeness (QED) is 0.617. The number of morpholine rings is 1. The van der Waals surface area contributed by atoms with E-state index in [-0.39, 0.29) is 5.69 Å². The molecule has 2 rings (SSSR count). The number of amides is 2. The Morgan fingerprint density at radius 2 is 1.91 bits per heavy atom. The van der Waals surface area contributed by atoms with E-state index in [4.69, 9.17) is 4.74 Å². The van der Waals surface area contributed by atoms with Gasteiger partial charge >= 0.3 is 11.8 Å². The van der Waals surface area contributed by atoms with Gasteiger partial charge in [0, 0.05) is 19.6 Å². The molecule has 2 amide bonds. The molecule has 6 nitrogen and oxygen atoms in total. The van der Waals surface area contributed by atoms with Gasteiger partial charge in [0.1, 0.15) is 5.82 Å². The molecule has 0 aliphatic carbocycles. The van der Waals surface area contributed by atoms with Crippen LogP contribution in [-0.2, 0) is 14.3 Å². The SMILES string of the molecule is O=C(NCCCN1CCOCC1)C(=O)Nc1ccccc1F. The number of nitrogens with one attached hydrogen (secondary N) is 2. The van der Waals surface area contributed by atoms with Crippen LogP contribution in [0.25, 0.3) is 0 Å². The van der Waals surface area contributed by atoms with E-state index in [0.29, 0.717) is 6.54 Å². The number of nitrogens with zero attached hydrogens (tertiary/aromatic N) is 1. The minimum atomic E-state index is -0.864. The highest BCUT2D eigenvalue weighted by atomic mass is 19.1. The van der Waals surface area contributed by atoms with Crippen molar-refractivity contribution in [2.45, 2.75) is 6.42 Å². The summed E-state index contributed by atoms with van der Waals surface area (Å²) in [6, 6.07) is 5.71. The molecule has 0 radical (unpaired) electrons. The molecular formula is C15H20FN3O3. The number of hydrogen-bond donors (Lipinski definition) is 2. The number of benzene rings is 1. The van der Waals surface area contributed by atoms with Crippen molar-refractivity contribution in [1.29, 1.82) is 0 Å². The van der Waals surface area contributed by atoms with Gasteiger partial charge in [-0.1, -0.05) is 12.1 Å². The zero-order chi connectivity index (χ0) is 15.8. The fourth-order valence-electron chi connectivity index (χ4n) is 2.15. The summed E-state index contributed by atoms with van der Waals surface area (Å²) in [5, 5.41) is 4.78. The predicted octanol–water partition coefficient (Wildman–Crippen LogP) is 0.603. The van der Waals surface area contributed by atoms with Crippen molar-refractivity contribution in [1.82, 2.24) is 10.2 Å². The van der Waals surface area contributed by atoms with E-state index in [1.54, 1.807) is 6.07 Å². The van der Waals surface area contributed by atoms with Gasteiger partial charge in [-0.2, -0.15) is 0 Å². The average Bonchev–Trinajstić information content (AvgIpc) is 2.54. The van der Waals surface area contributed by atoms with Crippen LogP contribution in [0.3, 0.4) is 0 Å². The van der Waals surface area contributed by atoms with Crippen LogP contribution in [0.5, 0.6) is 0 Å². The highest BCUT2D eigenvalue weighted by Gasteiger charge is 2.15. The number of para-hydroxylation sites is 1. The third kappa shape index (κ3) is 5.09. The van der Waals surface area contributed by atoms with Crippen molar-refractivity contribution in [2.24, 2.45) is 0 Å². The van der Waals surface area contributed by atoms with Crippen LogP contribution in [0.15, 0.2) is 24.3 Å². The molecule has 0 spiro atoms. The maximum absolute atomic E-state index is 13.4. The standard InChI is InChI=1S/C15H20FN3O3/c16-12-4-1-2-5-13(12)18-15(21)14(20)17-6-3-7-19-8-10-22-11-9-19/h1-2,4-5H,3,6-11H2,(H,17,20)(H,18,21). The Balaban J connectivity index is 1.66. The Labute approximate surface area is 128 Å². The Bertz CT molecular complexity index is 519. The highest BCUT2D eigenvalue weighted by Crippen LogP contribution is 2.11. The lowest BCUT2D eigenvalue weighted by Gasteiger charge is -2.26. The predicted molar refractivity (Wildman–Crippen MR) is 79.9 cm³/mol. The van der Waals surface area contributed by atoms with Crippen LogP contribution in [0.2, 0.25) is 0 Å². The zero-order valence-electron chi connectivity index (χ0n) is 12.3. The van der Waals surface area contributed by atoms with Gasteiger partial charge in [0.15, 0.2) is 0 Å². The van der Waals surface area contributed by atoms with Gasteiger partial charge < -0.3 is 15.4 Å². The average molecular weight is 309 g/mol. The molecule has 1 aromatic rings. The molecule has 1 heterocycles. The van der Waals surface area contributed by atoms with E-state index in [0.717, 1.165) is 39.3 Å². The Kier molecular flexibility index (Phi) is 6.29.